The summed E-state index contributed by atoms with van der Waals surface area (Å²) in [7, 11) is 6.83. The van der Waals surface area contributed by atoms with Crippen molar-refractivity contribution in [2.75, 3.05) is 49.7 Å². The normalized spacial score (nSPS) is 16.8. The van der Waals surface area contributed by atoms with E-state index in [-0.39, 0.29) is 42.2 Å². The molecule has 0 radical (unpaired) electrons. The first kappa shape index (κ1) is 50.5. The number of carbonyl (C=O) groups is 1. The second kappa shape index (κ2) is 21.2. The maximum atomic E-state index is 17.0. The molecule has 16 heteroatoms. The van der Waals surface area contributed by atoms with Crippen LogP contribution in [-0.4, -0.2) is 71.3 Å². The van der Waals surface area contributed by atoms with Crippen LogP contribution in [-0.2, 0) is 42.9 Å². The van der Waals surface area contributed by atoms with Crippen LogP contribution in [0.4, 0.5) is 26.5 Å². The van der Waals surface area contributed by atoms with Crippen molar-refractivity contribution in [2.45, 2.75) is 102 Å². The number of nitrogens with one attached hydrogen (secondary N) is 1. The molecule has 14 nitrogen and oxygen atoms in total. The van der Waals surface area contributed by atoms with Gasteiger partial charge in [-0.05, 0) is 119 Å². The number of aliphatic hydroxyl groups is 1. The third-order valence-corrected chi connectivity index (χ3v) is 13.8. The predicted octanol–water partition coefficient (Wildman–Crippen LogP) is 10.7. The largest absolute Gasteiger partial charge is 0.497 e. The van der Waals surface area contributed by atoms with Crippen LogP contribution in [0, 0.1) is 17.1 Å². The van der Waals surface area contributed by atoms with Gasteiger partial charge < -0.3 is 34.3 Å². The van der Waals surface area contributed by atoms with Crippen molar-refractivity contribution in [3.05, 3.63) is 153 Å². The Balaban J connectivity index is 1.18. The SMILES string of the molecule is COc1ccc(CN(Cc2ccc(OC)cc2)c2ncccc2[C@@H](C)Nc2nc(SC)nc3c2CN(C)C2(CCC(O)c4c(F)cc(N(Cc5ccc(OC)cc5)C(=O)OC(C)(C)C)c(C#N)c42)C3)cc1. The van der Waals surface area contributed by atoms with Gasteiger partial charge in [-0.25, -0.2) is 24.1 Å². The molecule has 1 aliphatic carbocycles. The molecule has 0 fully saturated rings. The van der Waals surface area contributed by atoms with Gasteiger partial charge in [0.2, 0.25) is 0 Å². The molecule has 0 saturated carbocycles. The van der Waals surface area contributed by atoms with Crippen LogP contribution in [0.2, 0.25) is 0 Å². The van der Waals surface area contributed by atoms with Crippen molar-refractivity contribution < 1.29 is 33.2 Å². The minimum Gasteiger partial charge on any atom is -0.497 e. The molecular formula is C55H61FN8O6S. The minimum atomic E-state index is -1.18. The summed E-state index contributed by atoms with van der Waals surface area (Å²) >= 11 is 1.41. The topological polar surface area (TPSA) is 158 Å². The van der Waals surface area contributed by atoms with Gasteiger partial charge in [0.15, 0.2) is 5.16 Å². The zero-order valence-corrected chi connectivity index (χ0v) is 42.6. The molecule has 1 spiro atoms. The van der Waals surface area contributed by atoms with E-state index in [0.29, 0.717) is 53.9 Å². The van der Waals surface area contributed by atoms with Crippen molar-refractivity contribution in [3.8, 4) is 23.3 Å². The summed E-state index contributed by atoms with van der Waals surface area (Å²) in [6, 6.07) is 30.5. The molecule has 8 rings (SSSR count). The molecule has 2 aliphatic rings. The maximum absolute atomic E-state index is 17.0. The lowest BCUT2D eigenvalue weighted by atomic mass is 9.68. The van der Waals surface area contributed by atoms with Gasteiger partial charge in [-0.15, -0.1) is 0 Å². The molecule has 71 heavy (non-hydrogen) atoms. The van der Waals surface area contributed by atoms with E-state index in [1.54, 1.807) is 66.4 Å². The summed E-state index contributed by atoms with van der Waals surface area (Å²) in [5.41, 5.74) is 4.03. The zero-order chi connectivity index (χ0) is 50.6. The van der Waals surface area contributed by atoms with E-state index in [9.17, 15) is 15.2 Å². The molecule has 370 valence electrons. The predicted molar refractivity (Wildman–Crippen MR) is 274 cm³/mol. The van der Waals surface area contributed by atoms with E-state index in [4.69, 9.17) is 33.9 Å². The summed E-state index contributed by atoms with van der Waals surface area (Å²) in [6.07, 6.45) is 2.69. The highest BCUT2D eigenvalue weighted by Gasteiger charge is 2.50. The van der Waals surface area contributed by atoms with Crippen LogP contribution in [0.5, 0.6) is 17.2 Å². The monoisotopic (exact) mass is 980 g/mol. The molecule has 6 aromatic rings. The number of halogens is 1. The Morgan fingerprint density at radius 2 is 1.52 bits per heavy atom. The van der Waals surface area contributed by atoms with E-state index in [1.165, 1.54) is 22.7 Å². The lowest BCUT2D eigenvalue weighted by Gasteiger charge is -2.50. The number of pyridine rings is 1. The lowest BCUT2D eigenvalue weighted by molar-refractivity contribution is 0.0361. The van der Waals surface area contributed by atoms with E-state index in [1.807, 2.05) is 49.8 Å². The maximum Gasteiger partial charge on any atom is 0.415 e. The third-order valence-electron chi connectivity index (χ3n) is 13.3. The molecule has 1 aliphatic heterocycles. The fraction of sp³-hybridized carbons (Fsp3) is 0.364. The van der Waals surface area contributed by atoms with Gasteiger partial charge in [0, 0.05) is 54.5 Å². The first-order valence-electron chi connectivity index (χ1n) is 23.5. The first-order valence-corrected chi connectivity index (χ1v) is 24.8. The van der Waals surface area contributed by atoms with Gasteiger partial charge in [-0.2, -0.15) is 5.26 Å². The Morgan fingerprint density at radius 3 is 2.06 bits per heavy atom. The van der Waals surface area contributed by atoms with E-state index in [0.717, 1.165) is 45.3 Å². The summed E-state index contributed by atoms with van der Waals surface area (Å²) in [6.45, 7) is 8.78. The summed E-state index contributed by atoms with van der Waals surface area (Å²) in [4.78, 5) is 35.0. The fourth-order valence-electron chi connectivity index (χ4n) is 9.70. The quantitative estimate of drug-likeness (QED) is 0.0739. The number of nitriles is 1. The molecule has 4 aromatic carbocycles. The van der Waals surface area contributed by atoms with E-state index >= 15 is 4.39 Å². The van der Waals surface area contributed by atoms with Crippen molar-refractivity contribution in [1.82, 2.24) is 19.9 Å². The highest BCUT2D eigenvalue weighted by molar-refractivity contribution is 7.98. The summed E-state index contributed by atoms with van der Waals surface area (Å²) in [5.74, 6) is 2.91. The summed E-state index contributed by atoms with van der Waals surface area (Å²) in [5, 5.41) is 27.1. The number of carbonyl (C=O) groups excluding carboxylic acids is 1. The number of nitrogens with zero attached hydrogens (tertiary/aromatic N) is 7. The first-order chi connectivity index (χ1) is 34.1. The van der Waals surface area contributed by atoms with Crippen molar-refractivity contribution in [1.29, 1.82) is 5.26 Å². The molecule has 2 aromatic heterocycles. The van der Waals surface area contributed by atoms with Gasteiger partial charge in [0.05, 0.1) is 62.5 Å². The minimum absolute atomic E-state index is 0.0308. The van der Waals surface area contributed by atoms with Crippen LogP contribution in [0.1, 0.15) is 103 Å². The number of aromatic nitrogens is 3. The number of thioether (sulfide) groups is 1. The van der Waals surface area contributed by atoms with Crippen molar-refractivity contribution in [3.63, 3.8) is 0 Å². The standard InChI is InChI=1S/C55H61FN8O6S/c1-34(41-11-10-26-58-51(41)63(30-35-12-18-38(67-6)19-13-35)31-36-14-20-39(68-7)21-15-36)59-50-43-33-62(5)55(28-45(43)60-52(61-50)71-9)25-24-47(65)48-44(56)27-46(42(29-57)49(48)55)64(53(66)70-54(2,3)4)32-37-16-22-40(69-8)23-17-37/h10-23,26-27,34,47,65H,24-25,28,30-33H2,1-9H3,(H,59,60,61)/t34-,47?,55?/m1/s1. The Kier molecular flexibility index (Phi) is 15.1. The lowest BCUT2D eigenvalue weighted by Crippen LogP contribution is -2.52. The van der Waals surface area contributed by atoms with Crippen LogP contribution in [0.3, 0.4) is 0 Å². The Bertz CT molecular complexity index is 2860. The second-order valence-electron chi connectivity index (χ2n) is 19.0. The van der Waals surface area contributed by atoms with Gasteiger partial charge in [-0.3, -0.25) is 9.80 Å². The summed E-state index contributed by atoms with van der Waals surface area (Å²) < 4.78 is 39.2. The Hall–Kier alpha value is -6.93. The highest BCUT2D eigenvalue weighted by Crippen LogP contribution is 2.53. The van der Waals surface area contributed by atoms with E-state index < -0.39 is 29.2 Å². The second-order valence-corrected chi connectivity index (χ2v) is 19.8. The van der Waals surface area contributed by atoms with Crippen LogP contribution in [0.15, 0.2) is 102 Å². The number of ether oxygens (including phenoxy) is 4. The Labute approximate surface area is 419 Å². The number of aliphatic hydroxyl groups excluding tert-OH is 1. The van der Waals surface area contributed by atoms with Crippen LogP contribution >= 0.6 is 11.8 Å². The third kappa shape index (κ3) is 10.7. The highest BCUT2D eigenvalue weighted by atomic mass is 32.2. The molecular weight excluding hydrogens is 920 g/mol. The number of anilines is 3. The zero-order valence-electron chi connectivity index (χ0n) is 41.7. The van der Waals surface area contributed by atoms with Gasteiger partial charge in [-0.1, -0.05) is 54.2 Å². The van der Waals surface area contributed by atoms with E-state index in [2.05, 4.69) is 58.4 Å². The molecule has 0 bridgehead atoms. The smallest absolute Gasteiger partial charge is 0.415 e. The van der Waals surface area contributed by atoms with Gasteiger partial charge >= 0.3 is 6.09 Å². The number of hydrogen-bond donors (Lipinski definition) is 2. The molecule has 2 N–H and O–H groups in total. The average Bonchev–Trinajstić information content (AvgIpc) is 3.36. The molecule has 3 heterocycles. The number of amides is 1. The van der Waals surface area contributed by atoms with Crippen molar-refractivity contribution >= 4 is 35.2 Å². The van der Waals surface area contributed by atoms with Crippen LogP contribution < -0.4 is 29.3 Å². The Morgan fingerprint density at radius 1 is 0.944 bits per heavy atom. The molecule has 2 unspecified atom stereocenters. The number of likely N-dealkylation sites (N-methyl/N-ethyl adjacent to an activating group) is 1. The number of methoxy groups -OCH3 is 3. The molecule has 3 atom stereocenters. The number of fused-ring (bicyclic) bond motifs is 3. The molecule has 1 amide bonds. The number of benzene rings is 4. The van der Waals surface area contributed by atoms with Crippen molar-refractivity contribution in [2.24, 2.45) is 0 Å². The fourth-order valence-corrected chi connectivity index (χ4v) is 10.1. The average molecular weight is 981 g/mol. The van der Waals surface area contributed by atoms with Crippen LogP contribution in [0.25, 0.3) is 0 Å². The molecule has 0 saturated heterocycles. The number of hydrogen-bond acceptors (Lipinski definition) is 14. The van der Waals surface area contributed by atoms with Gasteiger partial charge in [0.25, 0.3) is 0 Å². The number of rotatable bonds is 15. The van der Waals surface area contributed by atoms with Gasteiger partial charge in [0.1, 0.15) is 46.4 Å².